The second-order valence-corrected chi connectivity index (χ2v) is 3.44. The van der Waals surface area contributed by atoms with Crippen molar-refractivity contribution < 1.29 is 13.9 Å². The molecule has 0 amide bonds. The maximum atomic E-state index is 13.4. The zero-order chi connectivity index (χ0) is 10.7. The first-order chi connectivity index (χ1) is 6.56. The van der Waals surface area contributed by atoms with Gasteiger partial charge in [0, 0.05) is 5.56 Å². The highest BCUT2D eigenvalue weighted by atomic mass is 35.5. The number of halogens is 2. The minimum Gasteiger partial charge on any atom is -0.488 e. The van der Waals surface area contributed by atoms with E-state index in [1.54, 1.807) is 13.8 Å². The van der Waals surface area contributed by atoms with Gasteiger partial charge in [0.05, 0.1) is 11.1 Å². The molecular formula is C10H10ClFO2. The van der Waals surface area contributed by atoms with Crippen LogP contribution in [0.2, 0.25) is 5.02 Å². The van der Waals surface area contributed by atoms with E-state index < -0.39 is 5.82 Å². The van der Waals surface area contributed by atoms with E-state index >= 15 is 0 Å². The lowest BCUT2D eigenvalue weighted by Gasteiger charge is -2.11. The molecule has 1 aromatic rings. The van der Waals surface area contributed by atoms with Crippen molar-refractivity contribution in [3.8, 4) is 5.75 Å². The van der Waals surface area contributed by atoms with Crippen molar-refractivity contribution in [1.82, 2.24) is 0 Å². The maximum absolute atomic E-state index is 13.4. The summed E-state index contributed by atoms with van der Waals surface area (Å²) in [5, 5.41) is -0.196. The number of hydrogen-bond acceptors (Lipinski definition) is 2. The molecule has 0 bridgehead atoms. The van der Waals surface area contributed by atoms with E-state index in [1.807, 2.05) is 0 Å². The molecule has 4 heteroatoms. The van der Waals surface area contributed by atoms with E-state index in [2.05, 4.69) is 0 Å². The average molecular weight is 217 g/mol. The zero-order valence-electron chi connectivity index (χ0n) is 7.88. The van der Waals surface area contributed by atoms with Crippen LogP contribution in [0.4, 0.5) is 4.39 Å². The third kappa shape index (κ3) is 2.23. The van der Waals surface area contributed by atoms with Crippen LogP contribution in [0, 0.1) is 5.82 Å². The minimum absolute atomic E-state index is 0.0654. The van der Waals surface area contributed by atoms with E-state index in [9.17, 15) is 9.18 Å². The Bertz CT molecular complexity index is 350. The van der Waals surface area contributed by atoms with Gasteiger partial charge >= 0.3 is 0 Å². The fraction of sp³-hybridized carbons (Fsp3) is 0.300. The lowest BCUT2D eigenvalue weighted by Crippen LogP contribution is -2.07. The fourth-order valence-corrected chi connectivity index (χ4v) is 1.18. The van der Waals surface area contributed by atoms with Crippen LogP contribution >= 0.6 is 11.6 Å². The first kappa shape index (κ1) is 11.0. The maximum Gasteiger partial charge on any atom is 0.184 e. The number of rotatable bonds is 3. The Kier molecular flexibility index (Phi) is 3.47. The van der Waals surface area contributed by atoms with Gasteiger partial charge in [0.25, 0.3) is 0 Å². The Morgan fingerprint density at radius 1 is 1.50 bits per heavy atom. The molecule has 0 heterocycles. The Morgan fingerprint density at radius 3 is 2.64 bits per heavy atom. The molecule has 0 radical (unpaired) electrons. The molecule has 0 aliphatic rings. The van der Waals surface area contributed by atoms with Gasteiger partial charge in [-0.15, -0.1) is 0 Å². The third-order valence-electron chi connectivity index (χ3n) is 1.57. The number of carbonyl (C=O) groups excluding carboxylic acids is 1. The normalized spacial score (nSPS) is 10.4. The quantitative estimate of drug-likeness (QED) is 0.726. The molecule has 0 aliphatic carbocycles. The molecule has 14 heavy (non-hydrogen) atoms. The summed E-state index contributed by atoms with van der Waals surface area (Å²) >= 11 is 5.60. The first-order valence-electron chi connectivity index (χ1n) is 4.16. The lowest BCUT2D eigenvalue weighted by atomic mass is 10.2. The highest BCUT2D eigenvalue weighted by molar-refractivity contribution is 6.33. The van der Waals surface area contributed by atoms with E-state index in [-0.39, 0.29) is 22.4 Å². The van der Waals surface area contributed by atoms with Crippen LogP contribution in [-0.4, -0.2) is 12.4 Å². The van der Waals surface area contributed by atoms with Gasteiger partial charge in [0.15, 0.2) is 17.9 Å². The topological polar surface area (TPSA) is 26.3 Å². The van der Waals surface area contributed by atoms with Crippen molar-refractivity contribution >= 4 is 17.9 Å². The van der Waals surface area contributed by atoms with Crippen molar-refractivity contribution in [2.45, 2.75) is 20.0 Å². The summed E-state index contributed by atoms with van der Waals surface area (Å²) in [7, 11) is 0. The summed E-state index contributed by atoms with van der Waals surface area (Å²) in [5.74, 6) is -0.624. The van der Waals surface area contributed by atoms with Crippen LogP contribution in [0.5, 0.6) is 5.75 Å². The summed E-state index contributed by atoms with van der Waals surface area (Å²) in [6.07, 6.45) is 0.368. The van der Waals surface area contributed by atoms with E-state index in [1.165, 1.54) is 12.1 Å². The number of ether oxygens (including phenoxy) is 1. The zero-order valence-corrected chi connectivity index (χ0v) is 8.64. The third-order valence-corrected chi connectivity index (χ3v) is 1.95. The molecule has 1 rings (SSSR count). The Balaban J connectivity index is 3.10. The molecule has 0 unspecified atom stereocenters. The largest absolute Gasteiger partial charge is 0.488 e. The van der Waals surface area contributed by atoms with Crippen molar-refractivity contribution in [2.24, 2.45) is 0 Å². The molecule has 2 nitrogen and oxygen atoms in total. The van der Waals surface area contributed by atoms with E-state index in [0.717, 1.165) is 0 Å². The van der Waals surface area contributed by atoms with Crippen molar-refractivity contribution in [3.63, 3.8) is 0 Å². The van der Waals surface area contributed by atoms with Crippen LogP contribution in [-0.2, 0) is 0 Å². The summed E-state index contributed by atoms with van der Waals surface area (Å²) in [5.41, 5.74) is 0.125. The fourth-order valence-electron chi connectivity index (χ4n) is 0.983. The summed E-state index contributed by atoms with van der Waals surface area (Å²) < 4.78 is 18.5. The number of carbonyl (C=O) groups is 1. The van der Waals surface area contributed by atoms with Gasteiger partial charge in [-0.1, -0.05) is 11.6 Å². The predicted octanol–water partition coefficient (Wildman–Crippen LogP) is 3.08. The van der Waals surface area contributed by atoms with Crippen molar-refractivity contribution in [2.75, 3.05) is 0 Å². The molecule has 0 fully saturated rings. The van der Waals surface area contributed by atoms with Crippen LogP contribution in [0.1, 0.15) is 24.2 Å². The second-order valence-electron chi connectivity index (χ2n) is 3.07. The van der Waals surface area contributed by atoms with Gasteiger partial charge in [0.1, 0.15) is 0 Å². The number of aldehydes is 1. The minimum atomic E-state index is -0.690. The lowest BCUT2D eigenvalue weighted by molar-refractivity contribution is 0.112. The number of hydrogen-bond donors (Lipinski definition) is 0. The highest BCUT2D eigenvalue weighted by Gasteiger charge is 2.12. The van der Waals surface area contributed by atoms with Gasteiger partial charge in [-0.2, -0.15) is 0 Å². The summed E-state index contributed by atoms with van der Waals surface area (Å²) in [6, 6.07) is 2.82. The second kappa shape index (κ2) is 4.42. The molecule has 0 spiro atoms. The monoisotopic (exact) mass is 216 g/mol. The van der Waals surface area contributed by atoms with E-state index in [0.29, 0.717) is 6.29 Å². The van der Waals surface area contributed by atoms with Gasteiger partial charge in [-0.25, -0.2) is 4.39 Å². The molecule has 0 saturated carbocycles. The molecule has 0 N–H and O–H groups in total. The average Bonchev–Trinajstić information content (AvgIpc) is 2.13. The standard InChI is InChI=1S/C10H10ClFO2/c1-6(2)14-8-4-3-7(5-13)9(11)10(8)12/h3-6H,1-2H3. The van der Waals surface area contributed by atoms with Gasteiger partial charge in [0.2, 0.25) is 0 Å². The molecule has 0 aromatic heterocycles. The van der Waals surface area contributed by atoms with Crippen LogP contribution < -0.4 is 4.74 Å². The Morgan fingerprint density at radius 2 is 2.14 bits per heavy atom. The molecule has 0 aliphatic heterocycles. The predicted molar refractivity (Wildman–Crippen MR) is 52.6 cm³/mol. The van der Waals surface area contributed by atoms with Crippen LogP contribution in [0.15, 0.2) is 12.1 Å². The van der Waals surface area contributed by atoms with Crippen LogP contribution in [0.25, 0.3) is 0 Å². The van der Waals surface area contributed by atoms with Crippen molar-refractivity contribution in [3.05, 3.63) is 28.5 Å². The van der Waals surface area contributed by atoms with Crippen molar-refractivity contribution in [1.29, 1.82) is 0 Å². The first-order valence-corrected chi connectivity index (χ1v) is 4.54. The molecule has 76 valence electrons. The molecular weight excluding hydrogens is 207 g/mol. The molecule has 1 aromatic carbocycles. The number of benzene rings is 1. The van der Waals surface area contributed by atoms with E-state index in [4.69, 9.17) is 16.3 Å². The molecule has 0 atom stereocenters. The van der Waals surface area contributed by atoms with Gasteiger partial charge in [-0.3, -0.25) is 4.79 Å². The molecule has 0 saturated heterocycles. The SMILES string of the molecule is CC(C)Oc1ccc(C=O)c(Cl)c1F. The smallest absolute Gasteiger partial charge is 0.184 e. The Hall–Kier alpha value is -1.09. The highest BCUT2D eigenvalue weighted by Crippen LogP contribution is 2.27. The van der Waals surface area contributed by atoms with Gasteiger partial charge in [-0.05, 0) is 26.0 Å². The van der Waals surface area contributed by atoms with Crippen LogP contribution in [0.3, 0.4) is 0 Å². The Labute approximate surface area is 86.6 Å². The van der Waals surface area contributed by atoms with Gasteiger partial charge < -0.3 is 4.74 Å². The summed E-state index contributed by atoms with van der Waals surface area (Å²) in [6.45, 7) is 3.56. The summed E-state index contributed by atoms with van der Waals surface area (Å²) in [4.78, 5) is 10.4.